The highest BCUT2D eigenvalue weighted by Crippen LogP contribution is 2.21. The van der Waals surface area contributed by atoms with Gasteiger partial charge < -0.3 is 10.0 Å². The lowest BCUT2D eigenvalue weighted by molar-refractivity contribution is -0.131. The van der Waals surface area contributed by atoms with Crippen LogP contribution >= 0.6 is 0 Å². The zero-order chi connectivity index (χ0) is 12.3. The molecule has 1 fully saturated rings. The van der Waals surface area contributed by atoms with E-state index in [1.54, 1.807) is 18.2 Å². The normalized spacial score (nSPS) is 15.6. The second kappa shape index (κ2) is 4.99. The van der Waals surface area contributed by atoms with E-state index in [1.165, 1.54) is 6.42 Å². The van der Waals surface area contributed by atoms with Gasteiger partial charge in [-0.2, -0.15) is 0 Å². The first-order valence-electron chi connectivity index (χ1n) is 5.81. The summed E-state index contributed by atoms with van der Waals surface area (Å²) >= 11 is 0. The molecule has 1 aliphatic heterocycles. The van der Waals surface area contributed by atoms with E-state index in [1.807, 2.05) is 6.07 Å². The number of carboxylic acid groups (broad SMARTS) is 1. The maximum atomic E-state index is 11.4. The second-order valence-electron chi connectivity index (χ2n) is 4.23. The van der Waals surface area contributed by atoms with Crippen LogP contribution in [0, 0.1) is 0 Å². The van der Waals surface area contributed by atoms with Crippen molar-refractivity contribution in [3.05, 3.63) is 29.8 Å². The number of carbonyl (C=O) groups is 2. The van der Waals surface area contributed by atoms with E-state index in [4.69, 9.17) is 5.11 Å². The maximum absolute atomic E-state index is 11.4. The molecule has 0 spiro atoms. The van der Waals surface area contributed by atoms with Crippen LogP contribution in [0.15, 0.2) is 24.3 Å². The predicted octanol–water partition coefficient (Wildman–Crippen LogP) is 1.94. The minimum Gasteiger partial charge on any atom is -0.475 e. The van der Waals surface area contributed by atoms with Crippen molar-refractivity contribution < 1.29 is 14.7 Å². The molecule has 4 heteroatoms. The van der Waals surface area contributed by atoms with E-state index in [0.29, 0.717) is 0 Å². The van der Waals surface area contributed by atoms with Crippen LogP contribution in [0.2, 0.25) is 0 Å². The van der Waals surface area contributed by atoms with E-state index < -0.39 is 11.8 Å². The maximum Gasteiger partial charge on any atom is 0.377 e. The first kappa shape index (κ1) is 11.6. The quantitative estimate of drug-likeness (QED) is 0.640. The van der Waals surface area contributed by atoms with Gasteiger partial charge in [0, 0.05) is 24.3 Å². The van der Waals surface area contributed by atoms with Crippen LogP contribution in [0.25, 0.3) is 0 Å². The van der Waals surface area contributed by atoms with Gasteiger partial charge in [0.1, 0.15) is 0 Å². The molecule has 2 rings (SSSR count). The van der Waals surface area contributed by atoms with Crippen LogP contribution in [0.3, 0.4) is 0 Å². The number of rotatable bonds is 3. The number of aliphatic carboxylic acids is 1. The van der Waals surface area contributed by atoms with Gasteiger partial charge in [0.2, 0.25) is 0 Å². The highest BCUT2D eigenvalue weighted by Gasteiger charge is 2.17. The van der Waals surface area contributed by atoms with Gasteiger partial charge in [0.15, 0.2) is 0 Å². The Morgan fingerprint density at radius 2 is 1.82 bits per heavy atom. The van der Waals surface area contributed by atoms with Crippen LogP contribution < -0.4 is 4.90 Å². The molecule has 1 aromatic carbocycles. The van der Waals surface area contributed by atoms with E-state index >= 15 is 0 Å². The number of carbonyl (C=O) groups excluding carboxylic acids is 1. The number of benzene rings is 1. The third-order valence-corrected chi connectivity index (χ3v) is 3.02. The Morgan fingerprint density at radius 1 is 1.12 bits per heavy atom. The van der Waals surface area contributed by atoms with Gasteiger partial charge in [0.05, 0.1) is 0 Å². The fourth-order valence-corrected chi connectivity index (χ4v) is 2.12. The van der Waals surface area contributed by atoms with Crippen LogP contribution in [-0.2, 0) is 4.79 Å². The molecule has 1 aliphatic rings. The molecule has 4 nitrogen and oxygen atoms in total. The lowest BCUT2D eigenvalue weighted by Crippen LogP contribution is -2.29. The largest absolute Gasteiger partial charge is 0.475 e. The van der Waals surface area contributed by atoms with Crippen LogP contribution in [0.5, 0.6) is 0 Å². The molecule has 0 bridgehead atoms. The second-order valence-corrected chi connectivity index (χ2v) is 4.23. The molecule has 0 amide bonds. The summed E-state index contributed by atoms with van der Waals surface area (Å²) in [4.78, 5) is 24.2. The SMILES string of the molecule is O=C(O)C(=O)c1cccc(N2CCCCC2)c1. The third kappa shape index (κ3) is 2.64. The molecule has 90 valence electrons. The Kier molecular flexibility index (Phi) is 3.42. The summed E-state index contributed by atoms with van der Waals surface area (Å²) in [6.07, 6.45) is 3.54. The number of ketones is 1. The van der Waals surface area contributed by atoms with Gasteiger partial charge in [-0.3, -0.25) is 4.79 Å². The van der Waals surface area contributed by atoms with Gasteiger partial charge in [0.25, 0.3) is 5.78 Å². The highest BCUT2D eigenvalue weighted by molar-refractivity contribution is 6.39. The van der Waals surface area contributed by atoms with Gasteiger partial charge in [-0.05, 0) is 31.4 Å². The third-order valence-electron chi connectivity index (χ3n) is 3.02. The average molecular weight is 233 g/mol. The highest BCUT2D eigenvalue weighted by atomic mass is 16.4. The van der Waals surface area contributed by atoms with Gasteiger partial charge in [-0.1, -0.05) is 12.1 Å². The molecule has 1 N–H and O–H groups in total. The van der Waals surface area contributed by atoms with Crippen LogP contribution in [0.1, 0.15) is 29.6 Å². The monoisotopic (exact) mass is 233 g/mol. The Bertz CT molecular complexity index is 436. The molecule has 17 heavy (non-hydrogen) atoms. The molecule has 1 aromatic rings. The molecule has 0 aliphatic carbocycles. The summed E-state index contributed by atoms with van der Waals surface area (Å²) in [6, 6.07) is 6.87. The number of hydrogen-bond acceptors (Lipinski definition) is 3. The fourth-order valence-electron chi connectivity index (χ4n) is 2.12. The number of hydrogen-bond donors (Lipinski definition) is 1. The van der Waals surface area contributed by atoms with Crippen molar-refractivity contribution in [3.63, 3.8) is 0 Å². The van der Waals surface area contributed by atoms with Gasteiger partial charge >= 0.3 is 5.97 Å². The molecule has 0 unspecified atom stereocenters. The van der Waals surface area contributed by atoms with Crippen molar-refractivity contribution in [1.82, 2.24) is 0 Å². The number of anilines is 1. The van der Waals surface area contributed by atoms with Crippen molar-refractivity contribution in [3.8, 4) is 0 Å². The van der Waals surface area contributed by atoms with E-state index in [2.05, 4.69) is 4.90 Å². The summed E-state index contributed by atoms with van der Waals surface area (Å²) in [5, 5.41) is 8.67. The fraction of sp³-hybridized carbons (Fsp3) is 0.385. The topological polar surface area (TPSA) is 57.6 Å². The molecule has 0 saturated carbocycles. The zero-order valence-corrected chi connectivity index (χ0v) is 9.56. The summed E-state index contributed by atoms with van der Waals surface area (Å²) in [5.74, 6) is -2.25. The lowest BCUT2D eigenvalue weighted by atomic mass is 10.1. The van der Waals surface area contributed by atoms with E-state index in [9.17, 15) is 9.59 Å². The van der Waals surface area contributed by atoms with E-state index in [-0.39, 0.29) is 5.56 Å². The summed E-state index contributed by atoms with van der Waals surface area (Å²) in [7, 11) is 0. The standard InChI is InChI=1S/C13H15NO3/c15-12(13(16)17)10-5-4-6-11(9-10)14-7-2-1-3-8-14/h4-6,9H,1-3,7-8H2,(H,16,17). The zero-order valence-electron chi connectivity index (χ0n) is 9.56. The van der Waals surface area contributed by atoms with Crippen LogP contribution in [0.4, 0.5) is 5.69 Å². The van der Waals surface area contributed by atoms with Crippen LogP contribution in [-0.4, -0.2) is 29.9 Å². The minimum absolute atomic E-state index is 0.251. The van der Waals surface area contributed by atoms with Crippen molar-refractivity contribution in [1.29, 1.82) is 0 Å². The van der Waals surface area contributed by atoms with Crippen molar-refractivity contribution >= 4 is 17.4 Å². The van der Waals surface area contributed by atoms with Crippen molar-refractivity contribution in [2.75, 3.05) is 18.0 Å². The molecule has 0 radical (unpaired) electrons. The number of carboxylic acids is 1. The van der Waals surface area contributed by atoms with Gasteiger partial charge in [-0.25, -0.2) is 4.79 Å². The molecule has 1 heterocycles. The predicted molar refractivity (Wildman–Crippen MR) is 64.5 cm³/mol. The van der Waals surface area contributed by atoms with Crippen molar-refractivity contribution in [2.24, 2.45) is 0 Å². The average Bonchev–Trinajstić information content (AvgIpc) is 2.39. The first-order chi connectivity index (χ1) is 8.18. The van der Waals surface area contributed by atoms with Gasteiger partial charge in [-0.15, -0.1) is 0 Å². The summed E-state index contributed by atoms with van der Waals surface area (Å²) in [5.41, 5.74) is 1.19. The Balaban J connectivity index is 2.21. The summed E-state index contributed by atoms with van der Waals surface area (Å²) < 4.78 is 0. The Morgan fingerprint density at radius 3 is 2.47 bits per heavy atom. The van der Waals surface area contributed by atoms with E-state index in [0.717, 1.165) is 31.6 Å². The van der Waals surface area contributed by atoms with Crippen molar-refractivity contribution in [2.45, 2.75) is 19.3 Å². The molecular weight excluding hydrogens is 218 g/mol. The summed E-state index contributed by atoms with van der Waals surface area (Å²) in [6.45, 7) is 1.95. The molecular formula is C13H15NO3. The number of nitrogens with zero attached hydrogens (tertiary/aromatic N) is 1. The minimum atomic E-state index is -1.40. The molecule has 0 atom stereocenters. The number of Topliss-reactive ketones (excluding diaryl/α,β-unsaturated/α-hetero) is 1. The molecule has 0 aromatic heterocycles. The Labute approximate surface area is 99.9 Å². The number of piperidine rings is 1. The smallest absolute Gasteiger partial charge is 0.377 e. The lowest BCUT2D eigenvalue weighted by Gasteiger charge is -2.28. The molecule has 1 saturated heterocycles. The first-order valence-corrected chi connectivity index (χ1v) is 5.81. The Hall–Kier alpha value is -1.84.